The fourth-order valence-corrected chi connectivity index (χ4v) is 2.41. The highest BCUT2D eigenvalue weighted by Crippen LogP contribution is 2.27. The van der Waals surface area contributed by atoms with E-state index in [0.29, 0.717) is 33.0 Å². The standard InChI is InChI=1S/C14H28O6/c1-5-16-9-10-11(17-6-2)12(18-7-3)13(19-8-4)14(15)20-10/h10-15H,5-9H2,1-4H3/t10-,11-,12+,13-,14+/m1/s1. The van der Waals surface area contributed by atoms with Gasteiger partial charge in [-0.2, -0.15) is 0 Å². The highest BCUT2D eigenvalue weighted by Gasteiger charge is 2.47. The van der Waals surface area contributed by atoms with Gasteiger partial charge in [-0.3, -0.25) is 0 Å². The first-order valence-corrected chi connectivity index (χ1v) is 7.45. The largest absolute Gasteiger partial charge is 0.379 e. The van der Waals surface area contributed by atoms with E-state index in [1.54, 1.807) is 0 Å². The van der Waals surface area contributed by atoms with Crippen molar-refractivity contribution >= 4 is 0 Å². The molecule has 1 fully saturated rings. The second kappa shape index (κ2) is 9.65. The van der Waals surface area contributed by atoms with E-state index < -0.39 is 12.4 Å². The Kier molecular flexibility index (Phi) is 8.60. The van der Waals surface area contributed by atoms with E-state index in [-0.39, 0.29) is 18.3 Å². The topological polar surface area (TPSA) is 66.4 Å². The molecular weight excluding hydrogens is 264 g/mol. The van der Waals surface area contributed by atoms with Gasteiger partial charge < -0.3 is 28.8 Å². The number of aliphatic hydroxyl groups is 1. The molecule has 5 atom stereocenters. The molecule has 0 saturated carbocycles. The van der Waals surface area contributed by atoms with Crippen molar-refractivity contribution in [1.82, 2.24) is 0 Å². The second-order valence-corrected chi connectivity index (χ2v) is 4.48. The molecule has 1 saturated heterocycles. The normalized spacial score (nSPS) is 34.4. The van der Waals surface area contributed by atoms with Crippen LogP contribution in [0.4, 0.5) is 0 Å². The van der Waals surface area contributed by atoms with Gasteiger partial charge in [0.05, 0.1) is 6.61 Å². The van der Waals surface area contributed by atoms with Crippen molar-refractivity contribution in [3.05, 3.63) is 0 Å². The fourth-order valence-electron chi connectivity index (χ4n) is 2.41. The van der Waals surface area contributed by atoms with Gasteiger partial charge in [0.25, 0.3) is 0 Å². The van der Waals surface area contributed by atoms with Crippen LogP contribution < -0.4 is 0 Å². The van der Waals surface area contributed by atoms with Crippen molar-refractivity contribution in [2.75, 3.05) is 33.0 Å². The lowest BCUT2D eigenvalue weighted by molar-refractivity contribution is -0.310. The van der Waals surface area contributed by atoms with E-state index >= 15 is 0 Å². The summed E-state index contributed by atoms with van der Waals surface area (Å²) in [4.78, 5) is 0. The van der Waals surface area contributed by atoms with Crippen LogP contribution in [0.15, 0.2) is 0 Å². The summed E-state index contributed by atoms with van der Waals surface area (Å²) in [7, 11) is 0. The second-order valence-electron chi connectivity index (χ2n) is 4.48. The van der Waals surface area contributed by atoms with E-state index in [2.05, 4.69) is 0 Å². The Balaban J connectivity index is 2.83. The Bertz CT molecular complexity index is 250. The number of hydrogen-bond acceptors (Lipinski definition) is 6. The molecule has 6 nitrogen and oxygen atoms in total. The third kappa shape index (κ3) is 4.65. The first-order valence-electron chi connectivity index (χ1n) is 7.45. The van der Waals surface area contributed by atoms with Crippen molar-refractivity contribution in [3.8, 4) is 0 Å². The van der Waals surface area contributed by atoms with Crippen LogP contribution in [0.5, 0.6) is 0 Å². The minimum atomic E-state index is -1.03. The molecule has 0 aromatic rings. The Morgan fingerprint density at radius 2 is 1.35 bits per heavy atom. The summed E-state index contributed by atoms with van der Waals surface area (Å²) >= 11 is 0. The lowest BCUT2D eigenvalue weighted by Gasteiger charge is -2.44. The van der Waals surface area contributed by atoms with Crippen LogP contribution in [0.1, 0.15) is 27.7 Å². The van der Waals surface area contributed by atoms with Gasteiger partial charge >= 0.3 is 0 Å². The summed E-state index contributed by atoms with van der Waals surface area (Å²) in [5, 5.41) is 10.1. The molecule has 1 aliphatic heterocycles. The average Bonchev–Trinajstić information content (AvgIpc) is 2.44. The van der Waals surface area contributed by atoms with Gasteiger partial charge in [-0.15, -0.1) is 0 Å². The summed E-state index contributed by atoms with van der Waals surface area (Å²) in [6, 6.07) is 0. The molecule has 0 aromatic carbocycles. The van der Waals surface area contributed by atoms with E-state index in [9.17, 15) is 5.11 Å². The zero-order valence-corrected chi connectivity index (χ0v) is 12.9. The highest BCUT2D eigenvalue weighted by atomic mass is 16.7. The van der Waals surface area contributed by atoms with Gasteiger partial charge in [0.2, 0.25) is 0 Å². The SMILES string of the molecule is CCOC[C@H]1O[C@H](O)[C@H](OCC)[C@@H](OCC)[C@@H]1OCC. The third-order valence-electron chi connectivity index (χ3n) is 3.17. The van der Waals surface area contributed by atoms with Crippen molar-refractivity contribution in [2.45, 2.75) is 58.4 Å². The smallest absolute Gasteiger partial charge is 0.184 e. The summed E-state index contributed by atoms with van der Waals surface area (Å²) in [6.07, 6.45) is -2.62. The monoisotopic (exact) mass is 292 g/mol. The van der Waals surface area contributed by atoms with E-state index in [0.717, 1.165) is 0 Å². The Morgan fingerprint density at radius 1 is 0.800 bits per heavy atom. The molecule has 6 heteroatoms. The first kappa shape index (κ1) is 17.8. The zero-order chi connectivity index (χ0) is 15.0. The maximum absolute atomic E-state index is 10.1. The van der Waals surface area contributed by atoms with E-state index in [1.165, 1.54) is 0 Å². The quantitative estimate of drug-likeness (QED) is 0.682. The first-order chi connectivity index (χ1) is 9.69. The number of aliphatic hydroxyl groups excluding tert-OH is 1. The number of hydrogen-bond donors (Lipinski definition) is 1. The molecule has 0 radical (unpaired) electrons. The van der Waals surface area contributed by atoms with Gasteiger partial charge in [-0.25, -0.2) is 0 Å². The lowest BCUT2D eigenvalue weighted by Crippen LogP contribution is -2.61. The molecule has 1 N–H and O–H groups in total. The van der Waals surface area contributed by atoms with Crippen molar-refractivity contribution in [1.29, 1.82) is 0 Å². The van der Waals surface area contributed by atoms with Crippen molar-refractivity contribution in [2.24, 2.45) is 0 Å². The average molecular weight is 292 g/mol. The summed E-state index contributed by atoms with van der Waals surface area (Å²) in [5.74, 6) is 0. The Morgan fingerprint density at radius 3 is 1.90 bits per heavy atom. The molecule has 1 aliphatic rings. The maximum atomic E-state index is 10.1. The molecule has 1 heterocycles. The predicted octanol–water partition coefficient (Wildman–Crippen LogP) is 0.955. The fraction of sp³-hybridized carbons (Fsp3) is 1.00. The van der Waals surface area contributed by atoms with Crippen LogP contribution in [-0.2, 0) is 23.7 Å². The molecule has 20 heavy (non-hydrogen) atoms. The zero-order valence-electron chi connectivity index (χ0n) is 12.9. The number of ether oxygens (including phenoxy) is 5. The molecule has 1 rings (SSSR count). The van der Waals surface area contributed by atoms with Crippen molar-refractivity contribution in [3.63, 3.8) is 0 Å². The van der Waals surface area contributed by atoms with Gasteiger partial charge in [0.1, 0.15) is 24.4 Å². The molecule has 0 spiro atoms. The van der Waals surface area contributed by atoms with Crippen molar-refractivity contribution < 1.29 is 28.8 Å². The van der Waals surface area contributed by atoms with E-state index in [1.807, 2.05) is 27.7 Å². The molecular formula is C14H28O6. The van der Waals surface area contributed by atoms with Gasteiger partial charge in [0, 0.05) is 26.4 Å². The third-order valence-corrected chi connectivity index (χ3v) is 3.17. The summed E-state index contributed by atoms with van der Waals surface area (Å²) in [6.45, 7) is 10.1. The van der Waals surface area contributed by atoms with Crippen LogP contribution >= 0.6 is 0 Å². The highest BCUT2D eigenvalue weighted by molar-refractivity contribution is 4.92. The van der Waals surface area contributed by atoms with Gasteiger partial charge in [0.15, 0.2) is 6.29 Å². The van der Waals surface area contributed by atoms with Gasteiger partial charge in [-0.05, 0) is 27.7 Å². The number of rotatable bonds is 9. The van der Waals surface area contributed by atoms with Crippen LogP contribution in [0.25, 0.3) is 0 Å². The molecule has 0 aliphatic carbocycles. The summed E-state index contributed by atoms with van der Waals surface area (Å²) < 4.78 is 28.1. The summed E-state index contributed by atoms with van der Waals surface area (Å²) in [5.41, 5.74) is 0. The minimum Gasteiger partial charge on any atom is -0.379 e. The molecule has 0 unspecified atom stereocenters. The van der Waals surface area contributed by atoms with Crippen LogP contribution in [0.2, 0.25) is 0 Å². The Labute approximate surface area is 121 Å². The predicted molar refractivity (Wildman–Crippen MR) is 73.6 cm³/mol. The minimum absolute atomic E-state index is 0.313. The maximum Gasteiger partial charge on any atom is 0.184 e. The molecule has 120 valence electrons. The van der Waals surface area contributed by atoms with Gasteiger partial charge in [-0.1, -0.05) is 0 Å². The Hall–Kier alpha value is -0.240. The van der Waals surface area contributed by atoms with Crippen LogP contribution in [-0.4, -0.2) is 68.8 Å². The lowest BCUT2D eigenvalue weighted by atomic mass is 9.98. The van der Waals surface area contributed by atoms with Crippen LogP contribution in [0, 0.1) is 0 Å². The molecule has 0 aromatic heterocycles. The van der Waals surface area contributed by atoms with Crippen LogP contribution in [0.3, 0.4) is 0 Å². The molecule has 0 bridgehead atoms. The van der Waals surface area contributed by atoms with E-state index in [4.69, 9.17) is 23.7 Å². The molecule has 0 amide bonds.